The molecule has 106 valence electrons. The van der Waals surface area contributed by atoms with Gasteiger partial charge >= 0.3 is 12.1 Å². The molecule has 1 rings (SSSR count). The summed E-state index contributed by atoms with van der Waals surface area (Å²) in [6, 6.07) is -0.554. The van der Waals surface area contributed by atoms with Gasteiger partial charge in [0.2, 0.25) is 0 Å². The lowest BCUT2D eigenvalue weighted by molar-refractivity contribution is -0.178. The Balaban J connectivity index is 2.62. The van der Waals surface area contributed by atoms with Crippen molar-refractivity contribution in [2.75, 3.05) is 26.2 Å². The van der Waals surface area contributed by atoms with Gasteiger partial charge in [-0.1, -0.05) is 0 Å². The summed E-state index contributed by atoms with van der Waals surface area (Å²) in [5.41, 5.74) is 5.15. The Morgan fingerprint density at radius 3 is 2.72 bits per heavy atom. The zero-order chi connectivity index (χ0) is 13.8. The van der Waals surface area contributed by atoms with E-state index < -0.39 is 30.7 Å². The predicted molar refractivity (Wildman–Crippen MR) is 59.8 cm³/mol. The van der Waals surface area contributed by atoms with E-state index in [1.165, 1.54) is 4.90 Å². The standard InChI is InChI=1S/C11H19F3N2O2/c1-2-18-10(17)9-4-3-5-16(9)7-8(6-15)11(12,13)14/h8-9H,2-7,15H2,1H3. The number of likely N-dealkylation sites (tertiary alicyclic amines) is 1. The van der Waals surface area contributed by atoms with E-state index >= 15 is 0 Å². The second-order valence-corrected chi connectivity index (χ2v) is 4.38. The van der Waals surface area contributed by atoms with Crippen molar-refractivity contribution in [3.05, 3.63) is 0 Å². The number of nitrogens with two attached hydrogens (primary N) is 1. The van der Waals surface area contributed by atoms with Gasteiger partial charge in [0.1, 0.15) is 6.04 Å². The molecule has 7 heteroatoms. The van der Waals surface area contributed by atoms with Crippen LogP contribution in [0.2, 0.25) is 0 Å². The van der Waals surface area contributed by atoms with Gasteiger partial charge in [-0.2, -0.15) is 13.2 Å². The number of hydrogen-bond acceptors (Lipinski definition) is 4. The highest BCUT2D eigenvalue weighted by Gasteiger charge is 2.42. The molecule has 0 spiro atoms. The molecule has 18 heavy (non-hydrogen) atoms. The van der Waals surface area contributed by atoms with Crippen molar-refractivity contribution >= 4 is 5.97 Å². The molecule has 0 amide bonds. The molecule has 0 saturated carbocycles. The fraction of sp³-hybridized carbons (Fsp3) is 0.909. The van der Waals surface area contributed by atoms with Crippen LogP contribution in [-0.4, -0.2) is 49.3 Å². The maximum absolute atomic E-state index is 12.6. The summed E-state index contributed by atoms with van der Waals surface area (Å²) in [7, 11) is 0. The molecule has 1 saturated heterocycles. The van der Waals surface area contributed by atoms with Crippen LogP contribution in [0.3, 0.4) is 0 Å². The second kappa shape index (κ2) is 6.38. The van der Waals surface area contributed by atoms with E-state index in [0.717, 1.165) is 0 Å². The van der Waals surface area contributed by atoms with Crippen LogP contribution in [0.15, 0.2) is 0 Å². The Hall–Kier alpha value is -0.820. The number of carbonyl (C=O) groups excluding carboxylic acids is 1. The van der Waals surface area contributed by atoms with Crippen molar-refractivity contribution in [1.29, 1.82) is 0 Å². The zero-order valence-corrected chi connectivity index (χ0v) is 10.4. The molecule has 0 aromatic carbocycles. The number of esters is 1. The van der Waals surface area contributed by atoms with Crippen LogP contribution in [-0.2, 0) is 9.53 Å². The van der Waals surface area contributed by atoms with Crippen LogP contribution in [0.4, 0.5) is 13.2 Å². The first kappa shape index (κ1) is 15.2. The van der Waals surface area contributed by atoms with E-state index in [1.54, 1.807) is 6.92 Å². The minimum absolute atomic E-state index is 0.233. The predicted octanol–water partition coefficient (Wildman–Crippen LogP) is 1.15. The monoisotopic (exact) mass is 268 g/mol. The number of ether oxygens (including phenoxy) is 1. The number of carbonyl (C=O) groups is 1. The first-order chi connectivity index (χ1) is 8.40. The van der Waals surface area contributed by atoms with Crippen LogP contribution in [0.5, 0.6) is 0 Å². The minimum Gasteiger partial charge on any atom is -0.465 e. The summed E-state index contributed by atoms with van der Waals surface area (Å²) in [6.07, 6.45) is -3.07. The van der Waals surface area contributed by atoms with Crippen LogP contribution in [0, 0.1) is 5.92 Å². The highest BCUT2D eigenvalue weighted by atomic mass is 19.4. The summed E-state index contributed by atoms with van der Waals surface area (Å²) < 4.78 is 42.7. The van der Waals surface area contributed by atoms with Crippen molar-refractivity contribution in [3.8, 4) is 0 Å². The van der Waals surface area contributed by atoms with Crippen LogP contribution >= 0.6 is 0 Å². The third kappa shape index (κ3) is 3.84. The van der Waals surface area contributed by atoms with Crippen molar-refractivity contribution in [2.24, 2.45) is 11.7 Å². The summed E-state index contributed by atoms with van der Waals surface area (Å²) in [5, 5.41) is 0. The van der Waals surface area contributed by atoms with Gasteiger partial charge in [-0.05, 0) is 26.3 Å². The maximum atomic E-state index is 12.6. The largest absolute Gasteiger partial charge is 0.465 e. The molecule has 1 aliphatic rings. The van der Waals surface area contributed by atoms with E-state index in [0.29, 0.717) is 19.4 Å². The molecule has 0 bridgehead atoms. The summed E-state index contributed by atoms with van der Waals surface area (Å²) in [4.78, 5) is 13.1. The lowest BCUT2D eigenvalue weighted by Gasteiger charge is -2.28. The molecule has 0 aromatic rings. The molecular weight excluding hydrogens is 249 g/mol. The third-order valence-electron chi connectivity index (χ3n) is 3.12. The quantitative estimate of drug-likeness (QED) is 0.760. The molecule has 1 aliphatic heterocycles. The average Bonchev–Trinajstić information content (AvgIpc) is 2.72. The Morgan fingerprint density at radius 1 is 1.56 bits per heavy atom. The maximum Gasteiger partial charge on any atom is 0.394 e. The number of hydrogen-bond donors (Lipinski definition) is 1. The first-order valence-corrected chi connectivity index (χ1v) is 6.07. The third-order valence-corrected chi connectivity index (χ3v) is 3.12. The Kier molecular flexibility index (Phi) is 5.40. The van der Waals surface area contributed by atoms with E-state index in [2.05, 4.69) is 0 Å². The topological polar surface area (TPSA) is 55.6 Å². The van der Waals surface area contributed by atoms with Crippen molar-refractivity contribution in [3.63, 3.8) is 0 Å². The Labute approximate surface area is 104 Å². The first-order valence-electron chi connectivity index (χ1n) is 6.07. The minimum atomic E-state index is -4.32. The lowest BCUT2D eigenvalue weighted by atomic mass is 10.1. The highest BCUT2D eigenvalue weighted by Crippen LogP contribution is 2.29. The van der Waals surface area contributed by atoms with Gasteiger partial charge in [-0.3, -0.25) is 9.69 Å². The van der Waals surface area contributed by atoms with Crippen LogP contribution < -0.4 is 5.73 Å². The fourth-order valence-electron chi connectivity index (χ4n) is 2.14. The number of halogens is 3. The van der Waals surface area contributed by atoms with Crippen molar-refractivity contribution in [1.82, 2.24) is 4.90 Å². The summed E-state index contributed by atoms with van der Waals surface area (Å²) in [5.74, 6) is -2.03. The molecular formula is C11H19F3N2O2. The van der Waals surface area contributed by atoms with Gasteiger partial charge in [0.15, 0.2) is 0 Å². The number of rotatable bonds is 5. The Bertz CT molecular complexity index is 284. The molecule has 0 aromatic heterocycles. The number of alkyl halides is 3. The molecule has 2 unspecified atom stereocenters. The van der Waals surface area contributed by atoms with E-state index in [1.807, 2.05) is 0 Å². The fourth-order valence-corrected chi connectivity index (χ4v) is 2.14. The van der Waals surface area contributed by atoms with Gasteiger partial charge in [-0.25, -0.2) is 0 Å². The van der Waals surface area contributed by atoms with Crippen molar-refractivity contribution < 1.29 is 22.7 Å². The summed E-state index contributed by atoms with van der Waals surface area (Å²) in [6.45, 7) is 1.70. The van der Waals surface area contributed by atoms with Crippen LogP contribution in [0.25, 0.3) is 0 Å². The van der Waals surface area contributed by atoms with Gasteiger partial charge in [0, 0.05) is 13.1 Å². The molecule has 2 atom stereocenters. The number of nitrogens with zero attached hydrogens (tertiary/aromatic N) is 1. The molecule has 1 heterocycles. The molecule has 1 fully saturated rings. The van der Waals surface area contributed by atoms with Gasteiger partial charge < -0.3 is 10.5 Å². The zero-order valence-electron chi connectivity index (χ0n) is 10.4. The summed E-state index contributed by atoms with van der Waals surface area (Å²) >= 11 is 0. The normalized spacial score (nSPS) is 23.1. The second-order valence-electron chi connectivity index (χ2n) is 4.38. The highest BCUT2D eigenvalue weighted by molar-refractivity contribution is 5.76. The van der Waals surface area contributed by atoms with E-state index in [4.69, 9.17) is 10.5 Å². The van der Waals surface area contributed by atoms with Crippen molar-refractivity contribution in [2.45, 2.75) is 32.0 Å². The van der Waals surface area contributed by atoms with E-state index in [9.17, 15) is 18.0 Å². The van der Waals surface area contributed by atoms with Gasteiger partial charge in [0.25, 0.3) is 0 Å². The van der Waals surface area contributed by atoms with E-state index in [-0.39, 0.29) is 13.2 Å². The smallest absolute Gasteiger partial charge is 0.394 e. The molecule has 2 N–H and O–H groups in total. The van der Waals surface area contributed by atoms with Crippen LogP contribution in [0.1, 0.15) is 19.8 Å². The molecule has 0 radical (unpaired) electrons. The molecule has 4 nitrogen and oxygen atoms in total. The lowest BCUT2D eigenvalue weighted by Crippen LogP contribution is -2.45. The SMILES string of the molecule is CCOC(=O)C1CCCN1CC(CN)C(F)(F)F. The van der Waals surface area contributed by atoms with Gasteiger partial charge in [-0.15, -0.1) is 0 Å². The van der Waals surface area contributed by atoms with Gasteiger partial charge in [0.05, 0.1) is 12.5 Å². The Morgan fingerprint density at radius 2 is 2.22 bits per heavy atom. The molecule has 0 aliphatic carbocycles. The average molecular weight is 268 g/mol.